The summed E-state index contributed by atoms with van der Waals surface area (Å²) in [6, 6.07) is 8.76. The molecule has 1 aromatic heterocycles. The lowest BCUT2D eigenvalue weighted by molar-refractivity contribution is 0.103. The second-order valence-corrected chi connectivity index (χ2v) is 3.81. The molecule has 0 atom stereocenters. The van der Waals surface area contributed by atoms with Crippen LogP contribution in [0.4, 0.5) is 0 Å². The number of rotatable bonds is 2. The van der Waals surface area contributed by atoms with Gasteiger partial charge in [0.2, 0.25) is 5.78 Å². The molecule has 0 saturated carbocycles. The molecular weight excluding hydrogens is 210 g/mol. The van der Waals surface area contributed by atoms with E-state index in [4.69, 9.17) is 11.6 Å². The highest BCUT2D eigenvalue weighted by Crippen LogP contribution is 2.14. The summed E-state index contributed by atoms with van der Waals surface area (Å²) in [6.45, 7) is 1.90. The van der Waals surface area contributed by atoms with Crippen LogP contribution in [0.3, 0.4) is 0 Å². The number of carbonyl (C=O) groups excluding carboxylic acids is 1. The molecule has 0 radical (unpaired) electrons. The number of aryl methyl sites for hydroxylation is 1. The second kappa shape index (κ2) is 3.91. The molecule has 0 aliphatic heterocycles. The molecule has 15 heavy (non-hydrogen) atoms. The number of hydrogen-bond acceptors (Lipinski definition) is 1. The molecule has 0 aliphatic carbocycles. The number of ketones is 1. The fourth-order valence-electron chi connectivity index (χ4n) is 1.44. The summed E-state index contributed by atoms with van der Waals surface area (Å²) in [7, 11) is 0. The first kappa shape index (κ1) is 9.99. The van der Waals surface area contributed by atoms with Gasteiger partial charge in [0.05, 0.1) is 5.69 Å². The molecule has 0 fully saturated rings. The molecule has 0 unspecified atom stereocenters. The zero-order chi connectivity index (χ0) is 10.8. The van der Waals surface area contributed by atoms with Gasteiger partial charge >= 0.3 is 0 Å². The lowest BCUT2D eigenvalue weighted by Gasteiger charge is -2.00. The molecule has 0 spiro atoms. The van der Waals surface area contributed by atoms with Gasteiger partial charge in [-0.15, -0.1) is 0 Å². The van der Waals surface area contributed by atoms with Crippen molar-refractivity contribution in [3.8, 4) is 0 Å². The average molecular weight is 220 g/mol. The molecule has 0 amide bonds. The molecular formula is C12H10ClNO. The monoisotopic (exact) mass is 219 g/mol. The van der Waals surface area contributed by atoms with E-state index in [2.05, 4.69) is 4.98 Å². The molecule has 76 valence electrons. The van der Waals surface area contributed by atoms with Crippen molar-refractivity contribution in [2.24, 2.45) is 0 Å². The van der Waals surface area contributed by atoms with Crippen molar-refractivity contribution in [3.05, 3.63) is 58.4 Å². The van der Waals surface area contributed by atoms with Gasteiger partial charge in [-0.25, -0.2) is 0 Å². The van der Waals surface area contributed by atoms with Gasteiger partial charge in [-0.05, 0) is 42.8 Å². The van der Waals surface area contributed by atoms with Crippen LogP contribution in [0.1, 0.15) is 21.6 Å². The summed E-state index contributed by atoms with van der Waals surface area (Å²) >= 11 is 5.75. The maximum atomic E-state index is 12.0. The first-order valence-electron chi connectivity index (χ1n) is 4.63. The number of nitrogens with one attached hydrogen (secondary N) is 1. The van der Waals surface area contributed by atoms with Crippen molar-refractivity contribution in [2.75, 3.05) is 0 Å². The van der Waals surface area contributed by atoms with E-state index in [0.717, 1.165) is 5.56 Å². The molecule has 2 nitrogen and oxygen atoms in total. The zero-order valence-corrected chi connectivity index (χ0v) is 9.01. The van der Waals surface area contributed by atoms with Crippen molar-refractivity contribution in [2.45, 2.75) is 6.92 Å². The smallest absolute Gasteiger partial charge is 0.209 e. The van der Waals surface area contributed by atoms with E-state index >= 15 is 0 Å². The normalized spacial score (nSPS) is 10.3. The van der Waals surface area contributed by atoms with Crippen molar-refractivity contribution in [1.29, 1.82) is 0 Å². The highest BCUT2D eigenvalue weighted by atomic mass is 35.5. The van der Waals surface area contributed by atoms with E-state index in [-0.39, 0.29) is 5.78 Å². The van der Waals surface area contributed by atoms with Crippen molar-refractivity contribution in [3.63, 3.8) is 0 Å². The Morgan fingerprint density at radius 1 is 1.20 bits per heavy atom. The maximum Gasteiger partial charge on any atom is 0.209 e. The molecule has 2 aromatic rings. The van der Waals surface area contributed by atoms with Crippen LogP contribution in [0.25, 0.3) is 0 Å². The highest BCUT2D eigenvalue weighted by molar-refractivity contribution is 6.30. The minimum absolute atomic E-state index is 0.00540. The number of carbonyl (C=O) groups is 1. The molecule has 1 heterocycles. The molecule has 1 N–H and O–H groups in total. The van der Waals surface area contributed by atoms with Crippen LogP contribution in [-0.4, -0.2) is 10.8 Å². The van der Waals surface area contributed by atoms with Crippen LogP contribution in [0.2, 0.25) is 5.02 Å². The largest absolute Gasteiger partial charge is 0.358 e. The standard InChI is InChI=1S/C12H10ClNO/c1-8-6-7-14-11(8)12(15)9-2-4-10(13)5-3-9/h2-7,14H,1H3. The number of aromatic amines is 1. The third-order valence-electron chi connectivity index (χ3n) is 2.29. The van der Waals surface area contributed by atoms with Gasteiger partial charge in [0, 0.05) is 16.8 Å². The van der Waals surface area contributed by atoms with Crippen LogP contribution in [0.15, 0.2) is 36.5 Å². The number of aromatic nitrogens is 1. The fourth-order valence-corrected chi connectivity index (χ4v) is 1.56. The minimum Gasteiger partial charge on any atom is -0.358 e. The number of hydrogen-bond donors (Lipinski definition) is 1. The summed E-state index contributed by atoms with van der Waals surface area (Å²) in [5.41, 5.74) is 2.23. The van der Waals surface area contributed by atoms with Crippen molar-refractivity contribution >= 4 is 17.4 Å². The Morgan fingerprint density at radius 2 is 1.87 bits per heavy atom. The summed E-state index contributed by atoms with van der Waals surface area (Å²) in [6.07, 6.45) is 1.76. The van der Waals surface area contributed by atoms with Gasteiger partial charge in [0.15, 0.2) is 0 Å². The van der Waals surface area contributed by atoms with E-state index in [1.54, 1.807) is 30.5 Å². The predicted octanol–water partition coefficient (Wildman–Crippen LogP) is 3.21. The molecule has 1 aromatic carbocycles. The Labute approximate surface area is 92.9 Å². The van der Waals surface area contributed by atoms with Crippen LogP contribution < -0.4 is 0 Å². The molecule has 0 saturated heterocycles. The fraction of sp³-hybridized carbons (Fsp3) is 0.0833. The topological polar surface area (TPSA) is 32.9 Å². The van der Waals surface area contributed by atoms with E-state index in [0.29, 0.717) is 16.3 Å². The van der Waals surface area contributed by atoms with Gasteiger partial charge in [0.1, 0.15) is 0 Å². The van der Waals surface area contributed by atoms with Gasteiger partial charge in [-0.2, -0.15) is 0 Å². The minimum atomic E-state index is -0.00540. The van der Waals surface area contributed by atoms with Crippen molar-refractivity contribution in [1.82, 2.24) is 4.98 Å². The number of H-pyrrole nitrogens is 1. The summed E-state index contributed by atoms with van der Waals surface area (Å²) in [5, 5.41) is 0.634. The quantitative estimate of drug-likeness (QED) is 0.773. The van der Waals surface area contributed by atoms with E-state index < -0.39 is 0 Å². The lowest BCUT2D eigenvalue weighted by Crippen LogP contribution is -2.02. The maximum absolute atomic E-state index is 12.0. The Morgan fingerprint density at radius 3 is 2.40 bits per heavy atom. The van der Waals surface area contributed by atoms with Crippen LogP contribution in [0, 0.1) is 6.92 Å². The SMILES string of the molecule is Cc1cc[nH]c1C(=O)c1ccc(Cl)cc1. The van der Waals surface area contributed by atoms with Crippen molar-refractivity contribution < 1.29 is 4.79 Å². The number of benzene rings is 1. The predicted molar refractivity (Wildman–Crippen MR) is 60.4 cm³/mol. The van der Waals surface area contributed by atoms with Gasteiger partial charge < -0.3 is 4.98 Å². The lowest BCUT2D eigenvalue weighted by atomic mass is 10.1. The average Bonchev–Trinajstić information content (AvgIpc) is 2.65. The van der Waals surface area contributed by atoms with E-state index in [9.17, 15) is 4.79 Å². The van der Waals surface area contributed by atoms with E-state index in [1.807, 2.05) is 13.0 Å². The van der Waals surface area contributed by atoms with Gasteiger partial charge in [-0.3, -0.25) is 4.79 Å². The molecule has 3 heteroatoms. The Kier molecular flexibility index (Phi) is 2.60. The van der Waals surface area contributed by atoms with Crippen LogP contribution >= 0.6 is 11.6 Å². The third kappa shape index (κ3) is 1.95. The first-order chi connectivity index (χ1) is 7.18. The summed E-state index contributed by atoms with van der Waals surface area (Å²) in [4.78, 5) is 14.9. The zero-order valence-electron chi connectivity index (χ0n) is 8.25. The van der Waals surface area contributed by atoms with Gasteiger partial charge in [0.25, 0.3) is 0 Å². The molecule has 0 bridgehead atoms. The first-order valence-corrected chi connectivity index (χ1v) is 5.00. The van der Waals surface area contributed by atoms with Crippen LogP contribution in [0.5, 0.6) is 0 Å². The number of halogens is 1. The van der Waals surface area contributed by atoms with Crippen LogP contribution in [-0.2, 0) is 0 Å². The van der Waals surface area contributed by atoms with E-state index in [1.165, 1.54) is 0 Å². The Bertz CT molecular complexity index is 485. The Balaban J connectivity index is 2.37. The summed E-state index contributed by atoms with van der Waals surface area (Å²) < 4.78 is 0. The van der Waals surface area contributed by atoms with Gasteiger partial charge in [-0.1, -0.05) is 11.6 Å². The molecule has 0 aliphatic rings. The third-order valence-corrected chi connectivity index (χ3v) is 2.54. The second-order valence-electron chi connectivity index (χ2n) is 3.37. The molecule has 2 rings (SSSR count). The summed E-state index contributed by atoms with van der Waals surface area (Å²) in [5.74, 6) is -0.00540. The Hall–Kier alpha value is -1.54. The highest BCUT2D eigenvalue weighted by Gasteiger charge is 2.11.